The SMILES string of the molecule is C=C[Si](C)(C1=C(C)C=C(C)C1)C1=C(C)C=C(C)C1. The maximum absolute atomic E-state index is 4.19. The highest BCUT2D eigenvalue weighted by Crippen LogP contribution is 2.41. The smallest absolute Gasteiger partial charge is 0.106 e. The minimum Gasteiger partial charge on any atom is -0.106 e. The lowest BCUT2D eigenvalue weighted by Crippen LogP contribution is -2.35. The topological polar surface area (TPSA) is 0 Å². The molecule has 0 aromatic heterocycles. The van der Waals surface area contributed by atoms with Gasteiger partial charge < -0.3 is 0 Å². The molecule has 2 rings (SSSR count). The molecule has 0 bridgehead atoms. The minimum atomic E-state index is -1.65. The van der Waals surface area contributed by atoms with E-state index in [9.17, 15) is 0 Å². The quantitative estimate of drug-likeness (QED) is 0.609. The fraction of sp³-hybridized carbons (Fsp3) is 0.412. The molecule has 1 heteroatoms. The Balaban J connectivity index is 2.44. The molecular weight excluding hydrogens is 232 g/mol. The minimum absolute atomic E-state index is 1.16. The van der Waals surface area contributed by atoms with Crippen LogP contribution in [0.2, 0.25) is 6.55 Å². The first-order valence-electron chi connectivity index (χ1n) is 6.77. The lowest BCUT2D eigenvalue weighted by molar-refractivity contribution is 1.17. The van der Waals surface area contributed by atoms with Gasteiger partial charge in [0.1, 0.15) is 8.07 Å². The molecule has 0 unspecified atom stereocenters. The highest BCUT2D eigenvalue weighted by molar-refractivity contribution is 6.96. The van der Waals surface area contributed by atoms with E-state index in [0.29, 0.717) is 0 Å². The molecule has 2 aliphatic carbocycles. The summed E-state index contributed by atoms with van der Waals surface area (Å²) in [6.07, 6.45) is 7.04. The highest BCUT2D eigenvalue weighted by Gasteiger charge is 2.37. The molecule has 0 saturated carbocycles. The van der Waals surface area contributed by atoms with Gasteiger partial charge >= 0.3 is 0 Å². The third-order valence-electron chi connectivity index (χ3n) is 4.45. The van der Waals surface area contributed by atoms with Crippen LogP contribution in [0.1, 0.15) is 40.5 Å². The van der Waals surface area contributed by atoms with E-state index in [1.54, 1.807) is 10.4 Å². The molecule has 0 nitrogen and oxygen atoms in total. The van der Waals surface area contributed by atoms with Crippen LogP contribution in [0.25, 0.3) is 0 Å². The van der Waals surface area contributed by atoms with Crippen molar-refractivity contribution >= 4 is 8.07 Å². The Morgan fingerprint density at radius 3 is 1.56 bits per heavy atom. The normalized spacial score (nSPS) is 20.5. The van der Waals surface area contributed by atoms with Crippen molar-refractivity contribution in [2.24, 2.45) is 0 Å². The molecule has 0 aromatic carbocycles. The van der Waals surface area contributed by atoms with Crippen molar-refractivity contribution in [1.82, 2.24) is 0 Å². The summed E-state index contributed by atoms with van der Waals surface area (Å²) in [5.41, 5.74) is 8.27. The predicted molar refractivity (Wildman–Crippen MR) is 84.0 cm³/mol. The van der Waals surface area contributed by atoms with Gasteiger partial charge in [-0.1, -0.05) is 57.1 Å². The molecule has 0 heterocycles. The molecule has 18 heavy (non-hydrogen) atoms. The maximum Gasteiger partial charge on any atom is 0.130 e. The fourth-order valence-corrected chi connectivity index (χ4v) is 7.40. The van der Waals surface area contributed by atoms with Crippen LogP contribution in [0.5, 0.6) is 0 Å². The zero-order valence-corrected chi connectivity index (χ0v) is 13.4. The van der Waals surface area contributed by atoms with E-state index in [2.05, 4.69) is 58.7 Å². The Bertz CT molecular complexity index is 482. The molecule has 0 spiro atoms. The molecule has 0 aromatic rings. The van der Waals surface area contributed by atoms with E-state index < -0.39 is 8.07 Å². The van der Waals surface area contributed by atoms with Gasteiger partial charge in [-0.3, -0.25) is 0 Å². The summed E-state index contributed by atoms with van der Waals surface area (Å²) in [6.45, 7) is 15.7. The summed E-state index contributed by atoms with van der Waals surface area (Å²) in [5.74, 6) is 0. The molecule has 0 atom stereocenters. The van der Waals surface area contributed by atoms with Gasteiger partial charge in [-0.15, -0.1) is 6.58 Å². The molecule has 2 aliphatic rings. The zero-order valence-electron chi connectivity index (χ0n) is 12.4. The second kappa shape index (κ2) is 4.54. The van der Waals surface area contributed by atoms with Crippen molar-refractivity contribution in [2.75, 3.05) is 0 Å². The fourth-order valence-electron chi connectivity index (χ4n) is 3.47. The first kappa shape index (κ1) is 13.4. The molecule has 96 valence electrons. The van der Waals surface area contributed by atoms with E-state index in [1.807, 2.05) is 0 Å². The lowest BCUT2D eigenvalue weighted by atomic mass is 10.3. The summed E-state index contributed by atoms with van der Waals surface area (Å²) in [7, 11) is -1.65. The second-order valence-corrected chi connectivity index (χ2v) is 10.1. The summed E-state index contributed by atoms with van der Waals surface area (Å²) < 4.78 is 0. The Hall–Kier alpha value is -1.08. The van der Waals surface area contributed by atoms with Gasteiger partial charge in [0.15, 0.2) is 0 Å². The van der Waals surface area contributed by atoms with Crippen LogP contribution in [0.4, 0.5) is 0 Å². The standard InChI is InChI=1S/C17H24Si/c1-7-18(6,16-10-12(2)8-14(16)4)17-11-13(3)9-15(17)5/h7-9H,1,10-11H2,2-6H3. The first-order chi connectivity index (χ1) is 8.38. The Morgan fingerprint density at radius 1 is 0.944 bits per heavy atom. The molecule has 0 aliphatic heterocycles. The number of hydrogen-bond donors (Lipinski definition) is 0. The molecule has 0 amide bonds. The van der Waals surface area contributed by atoms with Gasteiger partial charge in [0.25, 0.3) is 0 Å². The van der Waals surface area contributed by atoms with Crippen molar-refractivity contribution in [2.45, 2.75) is 47.1 Å². The van der Waals surface area contributed by atoms with Crippen molar-refractivity contribution in [3.63, 3.8) is 0 Å². The Labute approximate surface area is 112 Å². The third kappa shape index (κ3) is 2.01. The van der Waals surface area contributed by atoms with Gasteiger partial charge in [-0.2, -0.15) is 0 Å². The van der Waals surface area contributed by atoms with Gasteiger partial charge in [-0.25, -0.2) is 0 Å². The van der Waals surface area contributed by atoms with Crippen LogP contribution < -0.4 is 0 Å². The largest absolute Gasteiger partial charge is 0.130 e. The van der Waals surface area contributed by atoms with Crippen molar-refractivity contribution in [3.05, 3.63) is 57.1 Å². The monoisotopic (exact) mass is 256 g/mol. The van der Waals surface area contributed by atoms with Crippen molar-refractivity contribution in [3.8, 4) is 0 Å². The number of rotatable bonds is 3. The maximum atomic E-state index is 4.19. The summed E-state index contributed by atoms with van der Waals surface area (Å²) >= 11 is 0. The summed E-state index contributed by atoms with van der Waals surface area (Å²) in [4.78, 5) is 0. The third-order valence-corrected chi connectivity index (χ3v) is 8.92. The first-order valence-corrected chi connectivity index (χ1v) is 9.34. The average molecular weight is 256 g/mol. The predicted octanol–water partition coefficient (Wildman–Crippen LogP) is 5.20. The van der Waals surface area contributed by atoms with E-state index in [0.717, 1.165) is 12.8 Å². The van der Waals surface area contributed by atoms with Crippen LogP contribution in [0, 0.1) is 0 Å². The summed E-state index contributed by atoms with van der Waals surface area (Å²) in [6, 6.07) is 0. The Morgan fingerprint density at radius 2 is 1.33 bits per heavy atom. The van der Waals surface area contributed by atoms with E-state index >= 15 is 0 Å². The van der Waals surface area contributed by atoms with Gasteiger partial charge in [0.2, 0.25) is 0 Å². The van der Waals surface area contributed by atoms with E-state index in [-0.39, 0.29) is 0 Å². The van der Waals surface area contributed by atoms with Gasteiger partial charge in [0.05, 0.1) is 0 Å². The zero-order chi connectivity index (χ0) is 13.5. The number of hydrogen-bond acceptors (Lipinski definition) is 0. The molecule has 0 radical (unpaired) electrons. The van der Waals surface area contributed by atoms with Gasteiger partial charge in [0, 0.05) is 0 Å². The number of allylic oxidation sites excluding steroid dienone is 8. The molecule has 0 saturated heterocycles. The van der Waals surface area contributed by atoms with Gasteiger partial charge in [-0.05, 0) is 40.5 Å². The second-order valence-electron chi connectivity index (χ2n) is 6.06. The summed E-state index contributed by atoms with van der Waals surface area (Å²) in [5, 5.41) is 3.35. The molecule has 0 N–H and O–H groups in total. The van der Waals surface area contributed by atoms with Crippen LogP contribution in [0.3, 0.4) is 0 Å². The highest BCUT2D eigenvalue weighted by atomic mass is 28.3. The van der Waals surface area contributed by atoms with Crippen molar-refractivity contribution in [1.29, 1.82) is 0 Å². The van der Waals surface area contributed by atoms with E-state index in [1.165, 1.54) is 22.3 Å². The van der Waals surface area contributed by atoms with Crippen molar-refractivity contribution < 1.29 is 0 Å². The Kier molecular flexibility index (Phi) is 3.37. The van der Waals surface area contributed by atoms with Crippen LogP contribution in [-0.4, -0.2) is 8.07 Å². The average Bonchev–Trinajstić information content (AvgIpc) is 2.81. The lowest BCUT2D eigenvalue weighted by Gasteiger charge is -2.30. The molecule has 0 fully saturated rings. The molecular formula is C17H24Si. The van der Waals surface area contributed by atoms with Crippen LogP contribution in [-0.2, 0) is 0 Å². The van der Waals surface area contributed by atoms with Crippen LogP contribution >= 0.6 is 0 Å². The van der Waals surface area contributed by atoms with Crippen LogP contribution in [0.15, 0.2) is 57.1 Å². The van der Waals surface area contributed by atoms with E-state index in [4.69, 9.17) is 0 Å².